The fraction of sp³-hybridized carbons (Fsp3) is 0.600. The van der Waals surface area contributed by atoms with E-state index in [9.17, 15) is 9.59 Å². The van der Waals surface area contributed by atoms with Crippen LogP contribution in [-0.4, -0.2) is 24.0 Å². The molecule has 1 amide bonds. The van der Waals surface area contributed by atoms with Gasteiger partial charge in [0.25, 0.3) is 5.91 Å². The Labute approximate surface area is 151 Å². The van der Waals surface area contributed by atoms with Crippen molar-refractivity contribution in [2.24, 2.45) is 0 Å². The SMILES string of the molecule is CCCCCCCCC(C)(NNC(=O)c1ccccc1)C(=O)OCC. The van der Waals surface area contributed by atoms with E-state index >= 15 is 0 Å². The second-order valence-electron chi connectivity index (χ2n) is 6.52. The van der Waals surface area contributed by atoms with Gasteiger partial charge in [-0.15, -0.1) is 0 Å². The molecule has 1 unspecified atom stereocenters. The van der Waals surface area contributed by atoms with Crippen LogP contribution in [0.3, 0.4) is 0 Å². The number of amides is 1. The minimum Gasteiger partial charge on any atom is -0.465 e. The first kappa shape index (κ1) is 21.2. The summed E-state index contributed by atoms with van der Waals surface area (Å²) >= 11 is 0. The van der Waals surface area contributed by atoms with Crippen LogP contribution in [0, 0.1) is 0 Å². The number of hydrazine groups is 1. The molecule has 5 heteroatoms. The number of carbonyl (C=O) groups excluding carboxylic acids is 2. The van der Waals surface area contributed by atoms with Gasteiger partial charge in [0.1, 0.15) is 5.54 Å². The standard InChI is InChI=1S/C20H32N2O3/c1-4-6-7-8-9-13-16-20(3,19(24)25-5-2)22-21-18(23)17-14-11-10-12-15-17/h10-12,14-15,22H,4-9,13,16H2,1-3H3,(H,21,23). The van der Waals surface area contributed by atoms with Crippen molar-refractivity contribution in [3.8, 4) is 0 Å². The van der Waals surface area contributed by atoms with Crippen molar-refractivity contribution in [2.45, 2.75) is 71.3 Å². The minimum atomic E-state index is -0.925. The Balaban J connectivity index is 2.56. The van der Waals surface area contributed by atoms with E-state index < -0.39 is 5.54 Å². The minimum absolute atomic E-state index is 0.265. The summed E-state index contributed by atoms with van der Waals surface area (Å²) in [7, 11) is 0. The van der Waals surface area contributed by atoms with E-state index in [0.717, 1.165) is 12.8 Å². The number of ether oxygens (including phenoxy) is 1. The Morgan fingerprint density at radius 3 is 2.28 bits per heavy atom. The Morgan fingerprint density at radius 2 is 1.64 bits per heavy atom. The monoisotopic (exact) mass is 348 g/mol. The van der Waals surface area contributed by atoms with E-state index in [1.807, 2.05) is 6.07 Å². The Bertz CT molecular complexity index is 519. The zero-order chi connectivity index (χ0) is 18.5. The van der Waals surface area contributed by atoms with Crippen LogP contribution in [0.1, 0.15) is 76.1 Å². The number of unbranched alkanes of at least 4 members (excludes halogenated alkanes) is 5. The third-order valence-electron chi connectivity index (χ3n) is 4.24. The Morgan fingerprint density at radius 1 is 1.00 bits per heavy atom. The summed E-state index contributed by atoms with van der Waals surface area (Å²) in [5, 5.41) is 0. The Hall–Kier alpha value is -1.88. The van der Waals surface area contributed by atoms with Crippen molar-refractivity contribution < 1.29 is 14.3 Å². The molecule has 1 rings (SSSR count). The molecule has 0 fully saturated rings. The molecule has 25 heavy (non-hydrogen) atoms. The fourth-order valence-electron chi connectivity index (χ4n) is 2.62. The first-order valence-electron chi connectivity index (χ1n) is 9.33. The molecule has 1 atom stereocenters. The molecule has 140 valence electrons. The van der Waals surface area contributed by atoms with Crippen LogP contribution in [0.25, 0.3) is 0 Å². The van der Waals surface area contributed by atoms with Crippen LogP contribution in [0.2, 0.25) is 0 Å². The van der Waals surface area contributed by atoms with Gasteiger partial charge in [0.15, 0.2) is 0 Å². The zero-order valence-corrected chi connectivity index (χ0v) is 15.8. The van der Waals surface area contributed by atoms with Crippen molar-refractivity contribution in [3.05, 3.63) is 35.9 Å². The van der Waals surface area contributed by atoms with E-state index in [4.69, 9.17) is 4.74 Å². The van der Waals surface area contributed by atoms with Crippen molar-refractivity contribution >= 4 is 11.9 Å². The summed E-state index contributed by atoms with van der Waals surface area (Å²) in [4.78, 5) is 24.5. The molecule has 1 aromatic rings. The lowest BCUT2D eigenvalue weighted by atomic mass is 9.94. The molecule has 0 heterocycles. The molecular weight excluding hydrogens is 316 g/mol. The van der Waals surface area contributed by atoms with Crippen molar-refractivity contribution in [2.75, 3.05) is 6.61 Å². The smallest absolute Gasteiger partial charge is 0.327 e. The summed E-state index contributed by atoms with van der Waals surface area (Å²) in [6.45, 7) is 6.07. The van der Waals surface area contributed by atoms with Gasteiger partial charge in [0, 0.05) is 5.56 Å². The first-order valence-corrected chi connectivity index (χ1v) is 9.33. The highest BCUT2D eigenvalue weighted by Gasteiger charge is 2.34. The molecule has 0 aliphatic carbocycles. The lowest BCUT2D eigenvalue weighted by Gasteiger charge is -2.28. The van der Waals surface area contributed by atoms with Crippen LogP contribution >= 0.6 is 0 Å². The van der Waals surface area contributed by atoms with Gasteiger partial charge in [0.05, 0.1) is 6.61 Å². The number of benzene rings is 1. The number of carbonyl (C=O) groups is 2. The number of nitrogens with one attached hydrogen (secondary N) is 2. The van der Waals surface area contributed by atoms with Gasteiger partial charge in [0.2, 0.25) is 0 Å². The normalized spacial score (nSPS) is 13.1. The molecule has 0 saturated heterocycles. The van der Waals surface area contributed by atoms with E-state index in [0.29, 0.717) is 18.6 Å². The van der Waals surface area contributed by atoms with Crippen molar-refractivity contribution in [3.63, 3.8) is 0 Å². The fourth-order valence-corrected chi connectivity index (χ4v) is 2.62. The first-order chi connectivity index (χ1) is 12.0. The van der Waals surface area contributed by atoms with E-state index in [2.05, 4.69) is 17.8 Å². The number of hydrogen-bond donors (Lipinski definition) is 2. The molecule has 0 spiro atoms. The topological polar surface area (TPSA) is 67.4 Å². The molecule has 2 N–H and O–H groups in total. The molecule has 0 radical (unpaired) electrons. The van der Waals surface area contributed by atoms with E-state index in [1.165, 1.54) is 25.7 Å². The van der Waals surface area contributed by atoms with Crippen molar-refractivity contribution in [1.82, 2.24) is 10.9 Å². The van der Waals surface area contributed by atoms with Gasteiger partial charge in [-0.3, -0.25) is 10.2 Å². The predicted octanol–water partition coefficient (Wildman–Crippen LogP) is 3.99. The average molecular weight is 348 g/mol. The molecule has 1 aromatic carbocycles. The van der Waals surface area contributed by atoms with Crippen LogP contribution in [0.5, 0.6) is 0 Å². The highest BCUT2D eigenvalue weighted by molar-refractivity contribution is 5.94. The summed E-state index contributed by atoms with van der Waals surface area (Å²) in [5.41, 5.74) is 5.17. The molecule has 0 aromatic heterocycles. The summed E-state index contributed by atoms with van der Waals surface area (Å²) in [6, 6.07) is 8.91. The summed E-state index contributed by atoms with van der Waals surface area (Å²) < 4.78 is 5.19. The molecule has 0 bridgehead atoms. The number of esters is 1. The molecule has 5 nitrogen and oxygen atoms in total. The maximum absolute atomic E-state index is 12.3. The summed E-state index contributed by atoms with van der Waals surface area (Å²) in [5.74, 6) is -0.601. The quantitative estimate of drug-likeness (QED) is 0.340. The van der Waals surface area contributed by atoms with Crippen LogP contribution < -0.4 is 10.9 Å². The largest absolute Gasteiger partial charge is 0.465 e. The van der Waals surface area contributed by atoms with Crippen LogP contribution in [0.15, 0.2) is 30.3 Å². The average Bonchev–Trinajstić information content (AvgIpc) is 2.63. The van der Waals surface area contributed by atoms with Crippen molar-refractivity contribution in [1.29, 1.82) is 0 Å². The Kier molecular flexibility index (Phi) is 9.85. The number of rotatable bonds is 12. The second kappa shape index (κ2) is 11.6. The number of hydrogen-bond acceptors (Lipinski definition) is 4. The lowest BCUT2D eigenvalue weighted by molar-refractivity contribution is -0.151. The predicted molar refractivity (Wildman–Crippen MR) is 100 cm³/mol. The second-order valence-corrected chi connectivity index (χ2v) is 6.52. The van der Waals surface area contributed by atoms with Gasteiger partial charge >= 0.3 is 5.97 Å². The van der Waals surface area contributed by atoms with Crippen LogP contribution in [-0.2, 0) is 9.53 Å². The molecular formula is C20H32N2O3. The maximum Gasteiger partial charge on any atom is 0.327 e. The van der Waals surface area contributed by atoms with Gasteiger partial charge in [-0.05, 0) is 32.4 Å². The maximum atomic E-state index is 12.3. The zero-order valence-electron chi connectivity index (χ0n) is 15.8. The van der Waals surface area contributed by atoms with Crippen LogP contribution in [0.4, 0.5) is 0 Å². The lowest BCUT2D eigenvalue weighted by Crippen LogP contribution is -2.57. The highest BCUT2D eigenvalue weighted by Crippen LogP contribution is 2.17. The van der Waals surface area contributed by atoms with Gasteiger partial charge in [-0.2, -0.15) is 0 Å². The molecule has 0 saturated carbocycles. The van der Waals surface area contributed by atoms with E-state index in [1.54, 1.807) is 38.1 Å². The molecule has 0 aliphatic heterocycles. The van der Waals surface area contributed by atoms with Gasteiger partial charge < -0.3 is 4.74 Å². The van der Waals surface area contributed by atoms with Gasteiger partial charge in [-0.1, -0.05) is 63.6 Å². The van der Waals surface area contributed by atoms with Gasteiger partial charge in [-0.25, -0.2) is 10.2 Å². The molecule has 0 aliphatic rings. The third kappa shape index (κ3) is 7.69. The highest BCUT2D eigenvalue weighted by atomic mass is 16.5. The third-order valence-corrected chi connectivity index (χ3v) is 4.24. The van der Waals surface area contributed by atoms with E-state index in [-0.39, 0.29) is 11.9 Å². The summed E-state index contributed by atoms with van der Waals surface area (Å²) in [6.07, 6.45) is 7.46.